The number of aliphatic hydroxyl groups excluding tert-OH is 1. The predicted molar refractivity (Wildman–Crippen MR) is 84.0 cm³/mol. The summed E-state index contributed by atoms with van der Waals surface area (Å²) >= 11 is 0. The number of hydrogen-bond acceptors (Lipinski definition) is 2. The number of benzene rings is 1. The first-order valence-corrected chi connectivity index (χ1v) is 8.11. The van der Waals surface area contributed by atoms with Crippen LogP contribution in [0, 0.1) is 12.3 Å². The average molecular weight is 273 g/mol. The van der Waals surface area contributed by atoms with E-state index in [2.05, 4.69) is 36.5 Å². The second-order valence-electron chi connectivity index (χ2n) is 7.14. The minimum atomic E-state index is -0.0956. The predicted octanol–water partition coefficient (Wildman–Crippen LogP) is 4.27. The van der Waals surface area contributed by atoms with Crippen LogP contribution in [0.25, 0.3) is 0 Å². The van der Waals surface area contributed by atoms with Crippen LogP contribution in [0.1, 0.15) is 56.9 Å². The molecule has 0 aliphatic heterocycles. The van der Waals surface area contributed by atoms with Gasteiger partial charge in [-0.3, -0.25) is 0 Å². The smallest absolute Gasteiger partial charge is 0.0661 e. The summed E-state index contributed by atoms with van der Waals surface area (Å²) in [6.45, 7) is 2.36. The van der Waals surface area contributed by atoms with Crippen LogP contribution in [-0.4, -0.2) is 17.3 Å². The maximum atomic E-state index is 9.94. The summed E-state index contributed by atoms with van der Waals surface area (Å²) in [5.41, 5.74) is 2.95. The second-order valence-corrected chi connectivity index (χ2v) is 7.14. The highest BCUT2D eigenvalue weighted by Crippen LogP contribution is 2.51. The molecule has 1 aromatic rings. The van der Waals surface area contributed by atoms with Crippen molar-refractivity contribution in [3.8, 4) is 0 Å². The van der Waals surface area contributed by atoms with Gasteiger partial charge in [0, 0.05) is 5.69 Å². The Balaban J connectivity index is 1.70. The lowest BCUT2D eigenvalue weighted by Crippen LogP contribution is -2.47. The lowest BCUT2D eigenvalue weighted by atomic mass is 9.66. The van der Waals surface area contributed by atoms with Crippen molar-refractivity contribution < 1.29 is 5.11 Å². The standard InChI is InChI=1S/C18H27NO/c1-15-5-4-6-16(13-15)19-18(14-20)11-9-17(10-12-18)7-2-3-8-17/h4-6,13,19-20H,2-3,7-12,14H2,1H3. The van der Waals surface area contributed by atoms with E-state index in [0.29, 0.717) is 5.41 Å². The number of rotatable bonds is 3. The minimum Gasteiger partial charge on any atom is -0.394 e. The van der Waals surface area contributed by atoms with E-state index >= 15 is 0 Å². The molecule has 2 heteroatoms. The molecule has 2 nitrogen and oxygen atoms in total. The molecule has 0 radical (unpaired) electrons. The summed E-state index contributed by atoms with van der Waals surface area (Å²) < 4.78 is 0. The number of aryl methyl sites for hydroxylation is 1. The van der Waals surface area contributed by atoms with Gasteiger partial charge in [-0.25, -0.2) is 0 Å². The van der Waals surface area contributed by atoms with E-state index in [4.69, 9.17) is 0 Å². The third-order valence-electron chi connectivity index (χ3n) is 5.66. The lowest BCUT2D eigenvalue weighted by molar-refractivity contribution is 0.100. The highest BCUT2D eigenvalue weighted by molar-refractivity contribution is 5.48. The zero-order valence-electron chi connectivity index (χ0n) is 12.6. The molecule has 3 rings (SSSR count). The van der Waals surface area contributed by atoms with Gasteiger partial charge in [0.25, 0.3) is 0 Å². The summed E-state index contributed by atoms with van der Waals surface area (Å²) in [4.78, 5) is 0. The first kappa shape index (κ1) is 13.9. The third-order valence-corrected chi connectivity index (χ3v) is 5.66. The molecular formula is C18H27NO. The molecule has 0 atom stereocenters. The zero-order valence-corrected chi connectivity index (χ0v) is 12.6. The molecule has 1 aromatic carbocycles. The van der Waals surface area contributed by atoms with Crippen LogP contribution in [0.4, 0.5) is 5.69 Å². The summed E-state index contributed by atoms with van der Waals surface area (Å²) in [5.74, 6) is 0. The van der Waals surface area contributed by atoms with Gasteiger partial charge >= 0.3 is 0 Å². The van der Waals surface area contributed by atoms with Crippen molar-refractivity contribution in [1.82, 2.24) is 0 Å². The topological polar surface area (TPSA) is 32.3 Å². The Bertz CT molecular complexity index is 452. The van der Waals surface area contributed by atoms with Crippen molar-refractivity contribution >= 4 is 5.69 Å². The Morgan fingerprint density at radius 2 is 1.75 bits per heavy atom. The fourth-order valence-electron chi connectivity index (χ4n) is 4.24. The van der Waals surface area contributed by atoms with E-state index in [1.807, 2.05) is 0 Å². The average Bonchev–Trinajstić information content (AvgIpc) is 2.91. The number of hydrogen-bond donors (Lipinski definition) is 2. The molecule has 1 spiro atoms. The Morgan fingerprint density at radius 1 is 1.05 bits per heavy atom. The van der Waals surface area contributed by atoms with E-state index in [0.717, 1.165) is 18.5 Å². The van der Waals surface area contributed by atoms with Crippen LogP contribution in [0.5, 0.6) is 0 Å². The van der Waals surface area contributed by atoms with Crippen molar-refractivity contribution in [2.75, 3.05) is 11.9 Å². The molecule has 0 heterocycles. The van der Waals surface area contributed by atoms with Gasteiger partial charge in [-0.1, -0.05) is 25.0 Å². The maximum absolute atomic E-state index is 9.94. The molecule has 0 saturated heterocycles. The molecule has 0 aromatic heterocycles. The van der Waals surface area contributed by atoms with E-state index in [1.165, 1.54) is 44.1 Å². The van der Waals surface area contributed by atoms with Gasteiger partial charge in [0.1, 0.15) is 0 Å². The molecule has 110 valence electrons. The summed E-state index contributed by atoms with van der Waals surface area (Å²) in [6.07, 6.45) is 10.4. The van der Waals surface area contributed by atoms with Gasteiger partial charge in [0.2, 0.25) is 0 Å². The molecular weight excluding hydrogens is 246 g/mol. The van der Waals surface area contributed by atoms with Gasteiger partial charge in [0.05, 0.1) is 12.1 Å². The van der Waals surface area contributed by atoms with E-state index in [9.17, 15) is 5.11 Å². The lowest BCUT2D eigenvalue weighted by Gasteiger charge is -2.45. The number of nitrogens with one attached hydrogen (secondary N) is 1. The van der Waals surface area contributed by atoms with Crippen LogP contribution in [-0.2, 0) is 0 Å². The normalized spacial score (nSPS) is 23.9. The molecule has 2 aliphatic rings. The fourth-order valence-corrected chi connectivity index (χ4v) is 4.24. The van der Waals surface area contributed by atoms with Crippen LogP contribution >= 0.6 is 0 Å². The zero-order chi connectivity index (χ0) is 14.1. The van der Waals surface area contributed by atoms with Gasteiger partial charge < -0.3 is 10.4 Å². The summed E-state index contributed by atoms with van der Waals surface area (Å²) in [7, 11) is 0. The van der Waals surface area contributed by atoms with E-state index in [1.54, 1.807) is 0 Å². The molecule has 2 saturated carbocycles. The monoisotopic (exact) mass is 273 g/mol. The second kappa shape index (κ2) is 5.40. The summed E-state index contributed by atoms with van der Waals surface area (Å²) in [5, 5.41) is 13.6. The molecule has 2 aliphatic carbocycles. The van der Waals surface area contributed by atoms with Gasteiger partial charge in [0.15, 0.2) is 0 Å². The van der Waals surface area contributed by atoms with Gasteiger partial charge in [-0.2, -0.15) is 0 Å². The quantitative estimate of drug-likeness (QED) is 0.862. The Hall–Kier alpha value is -1.02. The van der Waals surface area contributed by atoms with Crippen molar-refractivity contribution in [2.45, 2.75) is 63.8 Å². The molecule has 0 unspecified atom stereocenters. The third kappa shape index (κ3) is 2.71. The number of aliphatic hydroxyl groups is 1. The minimum absolute atomic E-state index is 0.0956. The molecule has 0 amide bonds. The molecule has 2 fully saturated rings. The van der Waals surface area contributed by atoms with Crippen LogP contribution in [0.2, 0.25) is 0 Å². The number of anilines is 1. The molecule has 2 N–H and O–H groups in total. The molecule has 0 bridgehead atoms. The first-order chi connectivity index (χ1) is 9.65. The van der Waals surface area contributed by atoms with Gasteiger partial charge in [-0.15, -0.1) is 0 Å². The van der Waals surface area contributed by atoms with Crippen molar-refractivity contribution in [3.63, 3.8) is 0 Å². The van der Waals surface area contributed by atoms with E-state index < -0.39 is 0 Å². The first-order valence-electron chi connectivity index (χ1n) is 8.11. The maximum Gasteiger partial charge on any atom is 0.0661 e. The van der Waals surface area contributed by atoms with Gasteiger partial charge in [-0.05, 0) is 68.6 Å². The van der Waals surface area contributed by atoms with Crippen LogP contribution in [0.15, 0.2) is 24.3 Å². The largest absolute Gasteiger partial charge is 0.394 e. The van der Waals surface area contributed by atoms with Crippen molar-refractivity contribution in [1.29, 1.82) is 0 Å². The van der Waals surface area contributed by atoms with E-state index in [-0.39, 0.29) is 12.1 Å². The van der Waals surface area contributed by atoms with Crippen LogP contribution < -0.4 is 5.32 Å². The van der Waals surface area contributed by atoms with Crippen molar-refractivity contribution in [2.24, 2.45) is 5.41 Å². The van der Waals surface area contributed by atoms with Crippen molar-refractivity contribution in [3.05, 3.63) is 29.8 Å². The SMILES string of the molecule is Cc1cccc(NC2(CO)CCC3(CCCC3)CC2)c1. The highest BCUT2D eigenvalue weighted by atomic mass is 16.3. The Kier molecular flexibility index (Phi) is 3.76. The fraction of sp³-hybridized carbons (Fsp3) is 0.667. The summed E-state index contributed by atoms with van der Waals surface area (Å²) in [6, 6.07) is 8.50. The Morgan fingerprint density at radius 3 is 2.35 bits per heavy atom. The molecule has 20 heavy (non-hydrogen) atoms. The Labute approximate surface area is 122 Å². The highest BCUT2D eigenvalue weighted by Gasteiger charge is 2.43. The van der Waals surface area contributed by atoms with Crippen LogP contribution in [0.3, 0.4) is 0 Å².